The van der Waals surface area contributed by atoms with Crippen LogP contribution < -0.4 is 5.32 Å². The molecule has 1 heterocycles. The molecule has 0 spiro atoms. The normalized spacial score (nSPS) is 10.7. The second-order valence-electron chi connectivity index (χ2n) is 4.68. The molecule has 1 aromatic carbocycles. The van der Waals surface area contributed by atoms with Crippen molar-refractivity contribution in [3.63, 3.8) is 0 Å². The van der Waals surface area contributed by atoms with Gasteiger partial charge in [-0.3, -0.25) is 0 Å². The molecule has 19 heavy (non-hydrogen) atoms. The number of ether oxygens (including phenoxy) is 1. The molecule has 0 aliphatic rings. The van der Waals surface area contributed by atoms with Gasteiger partial charge in [0, 0.05) is 19.9 Å². The van der Waals surface area contributed by atoms with Crippen LogP contribution in [0.3, 0.4) is 0 Å². The first-order chi connectivity index (χ1) is 9.20. The Morgan fingerprint density at radius 3 is 2.79 bits per heavy atom. The van der Waals surface area contributed by atoms with Gasteiger partial charge in [-0.2, -0.15) is 0 Å². The van der Waals surface area contributed by atoms with Gasteiger partial charge < -0.3 is 14.6 Å². The maximum absolute atomic E-state index is 5.05. The molecule has 0 atom stereocenters. The Morgan fingerprint density at radius 1 is 1.26 bits per heavy atom. The predicted octanol–water partition coefficient (Wildman–Crippen LogP) is 2.61. The summed E-state index contributed by atoms with van der Waals surface area (Å²) in [7, 11) is 1.70. The molecule has 0 aliphatic carbocycles. The monoisotopic (exact) mass is 259 g/mol. The maximum atomic E-state index is 5.05. The average Bonchev–Trinajstić information content (AvgIpc) is 2.73. The summed E-state index contributed by atoms with van der Waals surface area (Å²) in [6.07, 6.45) is 2.07. The van der Waals surface area contributed by atoms with Gasteiger partial charge in [-0.25, -0.2) is 4.98 Å². The smallest absolute Gasteiger partial charge is 0.203 e. The van der Waals surface area contributed by atoms with E-state index in [-0.39, 0.29) is 0 Å². The molecule has 0 unspecified atom stereocenters. The maximum Gasteiger partial charge on any atom is 0.203 e. The molecule has 0 bridgehead atoms. The minimum atomic E-state index is 0.677. The van der Waals surface area contributed by atoms with Crippen LogP contribution in [0.1, 0.15) is 16.8 Å². The number of aryl methyl sites for hydroxylation is 2. The number of hydrogen-bond donors (Lipinski definition) is 1. The van der Waals surface area contributed by atoms with Crippen LogP contribution in [0, 0.1) is 13.8 Å². The van der Waals surface area contributed by atoms with Crippen LogP contribution in [0.5, 0.6) is 0 Å². The SMILES string of the molecule is COCCNc1nc(C)cn1Cc1ccccc1C. The fraction of sp³-hybridized carbons (Fsp3) is 0.400. The van der Waals surface area contributed by atoms with Crippen LogP contribution in [0.15, 0.2) is 30.5 Å². The number of nitrogens with one attached hydrogen (secondary N) is 1. The highest BCUT2D eigenvalue weighted by atomic mass is 16.5. The van der Waals surface area contributed by atoms with Gasteiger partial charge in [0.2, 0.25) is 5.95 Å². The summed E-state index contributed by atoms with van der Waals surface area (Å²) in [5, 5.41) is 3.30. The molecule has 4 heteroatoms. The van der Waals surface area contributed by atoms with E-state index in [9.17, 15) is 0 Å². The first-order valence-electron chi connectivity index (χ1n) is 6.52. The number of imidazole rings is 1. The molecule has 102 valence electrons. The molecule has 0 saturated heterocycles. The first kappa shape index (κ1) is 13.6. The fourth-order valence-corrected chi connectivity index (χ4v) is 2.04. The molecule has 0 fully saturated rings. The van der Waals surface area contributed by atoms with Gasteiger partial charge in [-0.1, -0.05) is 24.3 Å². The van der Waals surface area contributed by atoms with Crippen molar-refractivity contribution < 1.29 is 4.74 Å². The Hall–Kier alpha value is -1.81. The number of aromatic nitrogens is 2. The molecular formula is C15H21N3O. The van der Waals surface area contributed by atoms with E-state index in [1.165, 1.54) is 11.1 Å². The highest BCUT2D eigenvalue weighted by molar-refractivity contribution is 5.32. The van der Waals surface area contributed by atoms with Gasteiger partial charge in [0.25, 0.3) is 0 Å². The van der Waals surface area contributed by atoms with Crippen LogP contribution in [-0.2, 0) is 11.3 Å². The van der Waals surface area contributed by atoms with Gasteiger partial charge in [-0.05, 0) is 25.0 Å². The lowest BCUT2D eigenvalue weighted by Gasteiger charge is -2.11. The van der Waals surface area contributed by atoms with Crippen molar-refractivity contribution >= 4 is 5.95 Å². The van der Waals surface area contributed by atoms with Crippen molar-refractivity contribution in [2.45, 2.75) is 20.4 Å². The third kappa shape index (κ3) is 3.58. The minimum Gasteiger partial charge on any atom is -0.383 e. The molecule has 0 radical (unpaired) electrons. The number of anilines is 1. The first-order valence-corrected chi connectivity index (χ1v) is 6.52. The quantitative estimate of drug-likeness (QED) is 0.810. The highest BCUT2D eigenvalue weighted by Crippen LogP contribution is 2.14. The Labute approximate surface area is 114 Å². The van der Waals surface area contributed by atoms with Crippen LogP contribution in [-0.4, -0.2) is 29.8 Å². The minimum absolute atomic E-state index is 0.677. The third-order valence-corrected chi connectivity index (χ3v) is 3.09. The standard InChI is InChI=1S/C15H21N3O/c1-12-6-4-5-7-14(12)11-18-10-13(2)17-15(18)16-8-9-19-3/h4-7,10H,8-9,11H2,1-3H3,(H,16,17). The van der Waals surface area contributed by atoms with Crippen molar-refractivity contribution in [3.8, 4) is 0 Å². The zero-order chi connectivity index (χ0) is 13.7. The summed E-state index contributed by atoms with van der Waals surface area (Å²) in [6.45, 7) is 6.42. The Kier molecular flexibility index (Phi) is 4.58. The third-order valence-electron chi connectivity index (χ3n) is 3.09. The van der Waals surface area contributed by atoms with E-state index in [4.69, 9.17) is 4.74 Å². The average molecular weight is 259 g/mol. The van der Waals surface area contributed by atoms with Crippen molar-refractivity contribution in [2.24, 2.45) is 0 Å². The van der Waals surface area contributed by atoms with Crippen LogP contribution in [0.4, 0.5) is 5.95 Å². The number of hydrogen-bond acceptors (Lipinski definition) is 3. The fourth-order valence-electron chi connectivity index (χ4n) is 2.04. The Balaban J connectivity index is 2.13. The van der Waals surface area contributed by atoms with Crippen molar-refractivity contribution in [1.82, 2.24) is 9.55 Å². The summed E-state index contributed by atoms with van der Waals surface area (Å²) in [5.41, 5.74) is 3.64. The molecule has 1 N–H and O–H groups in total. The van der Waals surface area contributed by atoms with E-state index in [0.29, 0.717) is 6.61 Å². The lowest BCUT2D eigenvalue weighted by molar-refractivity contribution is 0.210. The van der Waals surface area contributed by atoms with E-state index in [1.54, 1.807) is 7.11 Å². The van der Waals surface area contributed by atoms with Gasteiger partial charge in [0.1, 0.15) is 0 Å². The second kappa shape index (κ2) is 6.38. The van der Waals surface area contributed by atoms with Crippen molar-refractivity contribution in [2.75, 3.05) is 25.6 Å². The number of methoxy groups -OCH3 is 1. The van der Waals surface area contributed by atoms with Crippen LogP contribution in [0.25, 0.3) is 0 Å². The number of nitrogens with zero attached hydrogens (tertiary/aromatic N) is 2. The van der Waals surface area contributed by atoms with Gasteiger partial charge in [0.05, 0.1) is 18.8 Å². The largest absolute Gasteiger partial charge is 0.383 e. The topological polar surface area (TPSA) is 39.1 Å². The zero-order valence-corrected chi connectivity index (χ0v) is 11.8. The molecule has 0 amide bonds. The molecule has 1 aromatic heterocycles. The summed E-state index contributed by atoms with van der Waals surface area (Å²) < 4.78 is 7.19. The number of benzene rings is 1. The Bertz CT molecular complexity index is 534. The molecule has 2 aromatic rings. The van der Waals surface area contributed by atoms with Crippen LogP contribution >= 0.6 is 0 Å². The summed E-state index contributed by atoms with van der Waals surface area (Å²) in [6, 6.07) is 8.43. The van der Waals surface area contributed by atoms with E-state index in [1.807, 2.05) is 6.92 Å². The van der Waals surface area contributed by atoms with Crippen molar-refractivity contribution in [1.29, 1.82) is 0 Å². The predicted molar refractivity (Wildman–Crippen MR) is 77.6 cm³/mol. The summed E-state index contributed by atoms with van der Waals surface area (Å²) in [5.74, 6) is 0.901. The van der Waals surface area contributed by atoms with E-state index in [0.717, 1.165) is 24.7 Å². The molecule has 0 aliphatic heterocycles. The Morgan fingerprint density at radius 2 is 2.05 bits per heavy atom. The lowest BCUT2D eigenvalue weighted by Crippen LogP contribution is -2.13. The summed E-state index contributed by atoms with van der Waals surface area (Å²) in [4.78, 5) is 4.50. The summed E-state index contributed by atoms with van der Waals surface area (Å²) >= 11 is 0. The van der Waals surface area contributed by atoms with Crippen molar-refractivity contribution in [3.05, 3.63) is 47.3 Å². The molecular weight excluding hydrogens is 238 g/mol. The molecule has 0 saturated carbocycles. The zero-order valence-electron chi connectivity index (χ0n) is 11.8. The van der Waals surface area contributed by atoms with E-state index >= 15 is 0 Å². The van der Waals surface area contributed by atoms with Gasteiger partial charge >= 0.3 is 0 Å². The van der Waals surface area contributed by atoms with Gasteiger partial charge in [-0.15, -0.1) is 0 Å². The second-order valence-corrected chi connectivity index (χ2v) is 4.68. The van der Waals surface area contributed by atoms with E-state index in [2.05, 4.69) is 52.3 Å². The highest BCUT2D eigenvalue weighted by Gasteiger charge is 2.06. The lowest BCUT2D eigenvalue weighted by atomic mass is 10.1. The van der Waals surface area contributed by atoms with Crippen LogP contribution in [0.2, 0.25) is 0 Å². The van der Waals surface area contributed by atoms with Gasteiger partial charge in [0.15, 0.2) is 0 Å². The molecule has 4 nitrogen and oxygen atoms in total. The number of rotatable bonds is 6. The van der Waals surface area contributed by atoms with E-state index < -0.39 is 0 Å². The molecule has 2 rings (SSSR count).